The third-order valence-electron chi connectivity index (χ3n) is 3.02. The molecule has 2 aromatic rings. The molecular weight excluding hydrogens is 222 g/mol. The predicted octanol–water partition coefficient (Wildman–Crippen LogP) is 3.87. The van der Waals surface area contributed by atoms with Gasteiger partial charge in [-0.3, -0.25) is 0 Å². The zero-order valence-corrected chi connectivity index (χ0v) is 10.9. The normalized spacial score (nSPS) is 10.1. The third-order valence-corrected chi connectivity index (χ3v) is 3.02. The van der Waals surface area contributed by atoms with Crippen LogP contribution in [0.2, 0.25) is 0 Å². The molecule has 0 saturated carbocycles. The highest BCUT2D eigenvalue weighted by Gasteiger charge is 2.00. The lowest BCUT2D eigenvalue weighted by molar-refractivity contribution is 0.414. The number of anilines is 1. The highest BCUT2D eigenvalue weighted by atomic mass is 16.5. The number of rotatable bonds is 5. The van der Waals surface area contributed by atoms with Gasteiger partial charge in [0.2, 0.25) is 0 Å². The van der Waals surface area contributed by atoms with Gasteiger partial charge < -0.3 is 10.1 Å². The highest BCUT2D eigenvalue weighted by molar-refractivity contribution is 5.51. The van der Waals surface area contributed by atoms with Crippen molar-refractivity contribution in [1.82, 2.24) is 0 Å². The molecule has 0 radical (unpaired) electrons. The Morgan fingerprint density at radius 3 is 2.67 bits per heavy atom. The van der Waals surface area contributed by atoms with Crippen LogP contribution < -0.4 is 10.1 Å². The Kier molecular flexibility index (Phi) is 4.24. The first kappa shape index (κ1) is 12.5. The molecule has 0 bridgehead atoms. The molecule has 2 rings (SSSR count). The van der Waals surface area contributed by atoms with Gasteiger partial charge in [-0.15, -0.1) is 0 Å². The summed E-state index contributed by atoms with van der Waals surface area (Å²) < 4.78 is 5.22. The molecule has 1 N–H and O–H groups in total. The summed E-state index contributed by atoms with van der Waals surface area (Å²) in [5.41, 5.74) is 3.78. The van der Waals surface area contributed by atoms with Gasteiger partial charge in [0.05, 0.1) is 7.11 Å². The number of benzene rings is 2. The second kappa shape index (κ2) is 6.10. The van der Waals surface area contributed by atoms with Crippen LogP contribution in [-0.2, 0) is 13.0 Å². The Hall–Kier alpha value is -1.96. The fraction of sp³-hybridized carbons (Fsp3) is 0.250. The fourth-order valence-electron chi connectivity index (χ4n) is 1.98. The Morgan fingerprint density at radius 1 is 1.06 bits per heavy atom. The Bertz CT molecular complexity index is 508. The Labute approximate surface area is 109 Å². The first-order valence-electron chi connectivity index (χ1n) is 6.28. The van der Waals surface area contributed by atoms with E-state index in [1.807, 2.05) is 12.1 Å². The van der Waals surface area contributed by atoms with Gasteiger partial charge in [-0.1, -0.05) is 37.3 Å². The second-order valence-corrected chi connectivity index (χ2v) is 4.22. The fourth-order valence-corrected chi connectivity index (χ4v) is 1.98. The second-order valence-electron chi connectivity index (χ2n) is 4.22. The number of para-hydroxylation sites is 1. The van der Waals surface area contributed by atoms with Gasteiger partial charge >= 0.3 is 0 Å². The average molecular weight is 241 g/mol. The third kappa shape index (κ3) is 3.04. The number of nitrogens with one attached hydrogen (secondary N) is 1. The van der Waals surface area contributed by atoms with E-state index >= 15 is 0 Å². The van der Waals surface area contributed by atoms with E-state index in [0.717, 1.165) is 18.7 Å². The summed E-state index contributed by atoms with van der Waals surface area (Å²) in [6.07, 6.45) is 1.04. The van der Waals surface area contributed by atoms with Crippen molar-refractivity contribution in [2.75, 3.05) is 12.4 Å². The van der Waals surface area contributed by atoms with Crippen LogP contribution in [0.4, 0.5) is 5.69 Å². The van der Waals surface area contributed by atoms with E-state index in [-0.39, 0.29) is 0 Å². The average Bonchev–Trinajstić information content (AvgIpc) is 2.45. The molecule has 0 spiro atoms. The molecule has 2 nitrogen and oxygen atoms in total. The summed E-state index contributed by atoms with van der Waals surface area (Å²) in [5, 5.41) is 3.48. The minimum atomic E-state index is 0.814. The zero-order valence-electron chi connectivity index (χ0n) is 10.9. The van der Waals surface area contributed by atoms with E-state index in [9.17, 15) is 0 Å². The summed E-state index contributed by atoms with van der Waals surface area (Å²) >= 11 is 0. The maximum Gasteiger partial charge on any atom is 0.119 e. The molecule has 94 valence electrons. The standard InChI is InChI=1S/C16H19NO/c1-3-14-8-4-5-10-16(14)17-12-13-7-6-9-15(11-13)18-2/h4-11,17H,3,12H2,1-2H3. The van der Waals surface area contributed by atoms with Gasteiger partial charge in [-0.25, -0.2) is 0 Å². The maximum atomic E-state index is 5.22. The number of aryl methyl sites for hydroxylation is 1. The SMILES string of the molecule is CCc1ccccc1NCc1cccc(OC)c1. The van der Waals surface area contributed by atoms with Crippen molar-refractivity contribution >= 4 is 5.69 Å². The lowest BCUT2D eigenvalue weighted by Crippen LogP contribution is -2.02. The van der Waals surface area contributed by atoms with Crippen molar-refractivity contribution < 1.29 is 4.74 Å². The maximum absolute atomic E-state index is 5.22. The minimum absolute atomic E-state index is 0.814. The van der Waals surface area contributed by atoms with Crippen LogP contribution in [0.15, 0.2) is 48.5 Å². The topological polar surface area (TPSA) is 21.3 Å². The molecule has 0 aliphatic carbocycles. The van der Waals surface area contributed by atoms with Crippen molar-refractivity contribution in [3.63, 3.8) is 0 Å². The van der Waals surface area contributed by atoms with E-state index in [4.69, 9.17) is 4.74 Å². The lowest BCUT2D eigenvalue weighted by atomic mass is 10.1. The molecule has 0 atom stereocenters. The van der Waals surface area contributed by atoms with Gasteiger partial charge in [0.25, 0.3) is 0 Å². The molecular formula is C16H19NO. The predicted molar refractivity (Wildman–Crippen MR) is 76.1 cm³/mol. The van der Waals surface area contributed by atoms with Crippen molar-refractivity contribution in [3.05, 3.63) is 59.7 Å². The summed E-state index contributed by atoms with van der Waals surface area (Å²) in [6, 6.07) is 16.6. The summed E-state index contributed by atoms with van der Waals surface area (Å²) in [7, 11) is 1.69. The number of hydrogen-bond donors (Lipinski definition) is 1. The van der Waals surface area contributed by atoms with Gasteiger partial charge in [0.1, 0.15) is 5.75 Å². The molecule has 18 heavy (non-hydrogen) atoms. The molecule has 0 aliphatic heterocycles. The van der Waals surface area contributed by atoms with Crippen LogP contribution >= 0.6 is 0 Å². The van der Waals surface area contributed by atoms with Crippen LogP contribution in [0.1, 0.15) is 18.1 Å². The number of hydrogen-bond acceptors (Lipinski definition) is 2. The van der Waals surface area contributed by atoms with Crippen molar-refractivity contribution in [3.8, 4) is 5.75 Å². The van der Waals surface area contributed by atoms with Crippen molar-refractivity contribution in [2.45, 2.75) is 19.9 Å². The molecule has 0 aromatic heterocycles. The molecule has 0 amide bonds. The molecule has 0 heterocycles. The molecule has 0 unspecified atom stereocenters. The van der Waals surface area contributed by atoms with E-state index in [2.05, 4.69) is 48.6 Å². The van der Waals surface area contributed by atoms with E-state index < -0.39 is 0 Å². The Morgan fingerprint density at radius 2 is 1.89 bits per heavy atom. The molecule has 0 aliphatic rings. The highest BCUT2D eigenvalue weighted by Crippen LogP contribution is 2.18. The summed E-state index contributed by atoms with van der Waals surface area (Å²) in [4.78, 5) is 0. The number of methoxy groups -OCH3 is 1. The van der Waals surface area contributed by atoms with Gasteiger partial charge in [0, 0.05) is 12.2 Å². The van der Waals surface area contributed by atoms with E-state index in [1.165, 1.54) is 16.8 Å². The lowest BCUT2D eigenvalue weighted by Gasteiger charge is -2.11. The summed E-state index contributed by atoms with van der Waals surface area (Å²) in [6.45, 7) is 2.99. The quantitative estimate of drug-likeness (QED) is 0.858. The van der Waals surface area contributed by atoms with Crippen LogP contribution in [0, 0.1) is 0 Å². The smallest absolute Gasteiger partial charge is 0.119 e. The van der Waals surface area contributed by atoms with Crippen molar-refractivity contribution in [1.29, 1.82) is 0 Å². The molecule has 0 fully saturated rings. The van der Waals surface area contributed by atoms with Crippen molar-refractivity contribution in [2.24, 2.45) is 0 Å². The van der Waals surface area contributed by atoms with E-state index in [1.54, 1.807) is 7.11 Å². The largest absolute Gasteiger partial charge is 0.497 e. The van der Waals surface area contributed by atoms with Crippen LogP contribution in [0.3, 0.4) is 0 Å². The summed E-state index contributed by atoms with van der Waals surface area (Å²) in [5.74, 6) is 0.901. The van der Waals surface area contributed by atoms with Crippen LogP contribution in [0.25, 0.3) is 0 Å². The first-order valence-corrected chi connectivity index (χ1v) is 6.28. The van der Waals surface area contributed by atoms with Gasteiger partial charge in [0.15, 0.2) is 0 Å². The van der Waals surface area contributed by atoms with Crippen LogP contribution in [0.5, 0.6) is 5.75 Å². The monoisotopic (exact) mass is 241 g/mol. The number of ether oxygens (including phenoxy) is 1. The van der Waals surface area contributed by atoms with Gasteiger partial charge in [-0.2, -0.15) is 0 Å². The first-order chi connectivity index (χ1) is 8.83. The zero-order chi connectivity index (χ0) is 12.8. The Balaban J connectivity index is 2.06. The van der Waals surface area contributed by atoms with Crippen LogP contribution in [-0.4, -0.2) is 7.11 Å². The molecule has 2 heteroatoms. The van der Waals surface area contributed by atoms with Gasteiger partial charge in [-0.05, 0) is 35.7 Å². The van der Waals surface area contributed by atoms with E-state index in [0.29, 0.717) is 0 Å². The molecule has 2 aromatic carbocycles. The molecule has 0 saturated heterocycles. The minimum Gasteiger partial charge on any atom is -0.497 e.